The minimum atomic E-state index is -0.0780. The SMILES string of the molecule is O=C(NCCc1nc2cccnc2n1Cc1ccccc1)NC1CCCC1. The molecular formula is C21H25N5O. The number of carbonyl (C=O) groups is 1. The number of hydrogen-bond donors (Lipinski definition) is 2. The number of fused-ring (bicyclic) bond motifs is 1. The van der Waals surface area contributed by atoms with Crippen molar-refractivity contribution in [3.63, 3.8) is 0 Å². The van der Waals surface area contributed by atoms with Crippen LogP contribution in [0.5, 0.6) is 0 Å². The third kappa shape index (κ3) is 4.27. The molecule has 0 spiro atoms. The molecule has 6 nitrogen and oxygen atoms in total. The van der Waals surface area contributed by atoms with Crippen molar-refractivity contribution in [1.29, 1.82) is 0 Å². The Hall–Kier alpha value is -2.89. The summed E-state index contributed by atoms with van der Waals surface area (Å²) in [6, 6.07) is 14.4. The predicted molar refractivity (Wildman–Crippen MR) is 106 cm³/mol. The van der Waals surface area contributed by atoms with Crippen LogP contribution in [0.2, 0.25) is 0 Å². The van der Waals surface area contributed by atoms with Gasteiger partial charge in [-0.2, -0.15) is 0 Å². The standard InChI is InChI=1S/C21H25N5O/c27-21(24-17-9-4-5-10-17)23-14-12-19-25-18-11-6-13-22-20(18)26(19)15-16-7-2-1-3-8-16/h1-3,6-8,11,13,17H,4-5,9-10,12,14-15H2,(H2,23,24,27). The molecule has 1 aliphatic carbocycles. The summed E-state index contributed by atoms with van der Waals surface area (Å²) in [6.07, 6.45) is 7.06. The Bertz CT molecular complexity index is 899. The highest BCUT2D eigenvalue weighted by atomic mass is 16.2. The van der Waals surface area contributed by atoms with E-state index in [1.807, 2.05) is 30.3 Å². The lowest BCUT2D eigenvalue weighted by Gasteiger charge is -2.13. The van der Waals surface area contributed by atoms with Crippen molar-refractivity contribution in [3.8, 4) is 0 Å². The highest BCUT2D eigenvalue weighted by Gasteiger charge is 2.17. The van der Waals surface area contributed by atoms with E-state index < -0.39 is 0 Å². The molecule has 0 radical (unpaired) electrons. The summed E-state index contributed by atoms with van der Waals surface area (Å²) in [5, 5.41) is 6.03. The van der Waals surface area contributed by atoms with Crippen LogP contribution in [0, 0.1) is 0 Å². The van der Waals surface area contributed by atoms with Crippen LogP contribution in [-0.4, -0.2) is 33.2 Å². The first-order valence-electron chi connectivity index (χ1n) is 9.68. The van der Waals surface area contributed by atoms with Crippen LogP contribution in [0.15, 0.2) is 48.7 Å². The van der Waals surface area contributed by atoms with Crippen LogP contribution in [0.4, 0.5) is 4.79 Å². The molecule has 1 aliphatic rings. The smallest absolute Gasteiger partial charge is 0.315 e. The predicted octanol–water partition coefficient (Wildman–Crippen LogP) is 3.26. The Balaban J connectivity index is 1.44. The van der Waals surface area contributed by atoms with Crippen LogP contribution >= 0.6 is 0 Å². The number of urea groups is 1. The summed E-state index contributed by atoms with van der Waals surface area (Å²) in [6.45, 7) is 1.27. The number of imidazole rings is 1. The Kier molecular flexibility index (Phi) is 5.32. The molecule has 27 heavy (non-hydrogen) atoms. The number of amides is 2. The summed E-state index contributed by atoms with van der Waals surface area (Å²) in [7, 11) is 0. The second kappa shape index (κ2) is 8.20. The molecule has 0 atom stereocenters. The second-order valence-electron chi connectivity index (χ2n) is 7.08. The average molecular weight is 363 g/mol. The Morgan fingerprint density at radius 1 is 1.11 bits per heavy atom. The van der Waals surface area contributed by atoms with Crippen molar-refractivity contribution in [2.75, 3.05) is 6.54 Å². The highest BCUT2D eigenvalue weighted by molar-refractivity contribution is 5.74. The van der Waals surface area contributed by atoms with Gasteiger partial charge in [0.1, 0.15) is 11.3 Å². The minimum absolute atomic E-state index is 0.0780. The van der Waals surface area contributed by atoms with E-state index in [0.717, 1.165) is 36.4 Å². The molecule has 0 aliphatic heterocycles. The van der Waals surface area contributed by atoms with Crippen LogP contribution < -0.4 is 10.6 Å². The molecule has 2 amide bonds. The molecule has 2 aromatic heterocycles. The normalized spacial score (nSPS) is 14.5. The molecule has 1 fully saturated rings. The van der Waals surface area contributed by atoms with E-state index in [-0.39, 0.29) is 6.03 Å². The van der Waals surface area contributed by atoms with Gasteiger partial charge < -0.3 is 15.2 Å². The Morgan fingerprint density at radius 2 is 1.93 bits per heavy atom. The van der Waals surface area contributed by atoms with Gasteiger partial charge in [-0.15, -0.1) is 0 Å². The van der Waals surface area contributed by atoms with Gasteiger partial charge in [-0.3, -0.25) is 0 Å². The fraction of sp³-hybridized carbons (Fsp3) is 0.381. The van der Waals surface area contributed by atoms with Gasteiger partial charge in [-0.1, -0.05) is 43.2 Å². The van der Waals surface area contributed by atoms with E-state index in [2.05, 4.69) is 32.3 Å². The van der Waals surface area contributed by atoms with Gasteiger partial charge in [0.25, 0.3) is 0 Å². The molecule has 0 bridgehead atoms. The van der Waals surface area contributed by atoms with Crippen LogP contribution in [0.3, 0.4) is 0 Å². The highest BCUT2D eigenvalue weighted by Crippen LogP contribution is 2.18. The molecule has 3 aromatic rings. The van der Waals surface area contributed by atoms with Gasteiger partial charge in [0.15, 0.2) is 5.65 Å². The lowest BCUT2D eigenvalue weighted by molar-refractivity contribution is 0.237. The van der Waals surface area contributed by atoms with E-state index in [0.29, 0.717) is 19.0 Å². The van der Waals surface area contributed by atoms with E-state index in [1.165, 1.54) is 18.4 Å². The third-order valence-electron chi connectivity index (χ3n) is 5.09. The van der Waals surface area contributed by atoms with Gasteiger partial charge in [0.2, 0.25) is 0 Å². The van der Waals surface area contributed by atoms with Gasteiger partial charge in [-0.25, -0.2) is 14.8 Å². The molecule has 140 valence electrons. The molecule has 0 unspecified atom stereocenters. The van der Waals surface area contributed by atoms with Crippen molar-refractivity contribution in [2.45, 2.75) is 44.7 Å². The summed E-state index contributed by atoms with van der Waals surface area (Å²) < 4.78 is 2.14. The van der Waals surface area contributed by atoms with E-state index in [1.54, 1.807) is 6.20 Å². The fourth-order valence-corrected chi connectivity index (χ4v) is 3.72. The zero-order valence-corrected chi connectivity index (χ0v) is 15.4. The quantitative estimate of drug-likeness (QED) is 0.706. The summed E-state index contributed by atoms with van der Waals surface area (Å²) >= 11 is 0. The largest absolute Gasteiger partial charge is 0.338 e. The first-order valence-corrected chi connectivity index (χ1v) is 9.68. The monoisotopic (exact) mass is 363 g/mol. The number of nitrogens with zero attached hydrogens (tertiary/aromatic N) is 3. The van der Waals surface area contributed by atoms with Crippen molar-refractivity contribution in [1.82, 2.24) is 25.2 Å². The van der Waals surface area contributed by atoms with Crippen molar-refractivity contribution < 1.29 is 4.79 Å². The minimum Gasteiger partial charge on any atom is -0.338 e. The van der Waals surface area contributed by atoms with Gasteiger partial charge in [0, 0.05) is 25.2 Å². The fourth-order valence-electron chi connectivity index (χ4n) is 3.72. The molecule has 6 heteroatoms. The van der Waals surface area contributed by atoms with Crippen molar-refractivity contribution in [3.05, 3.63) is 60.0 Å². The molecule has 1 aromatic carbocycles. The maximum atomic E-state index is 12.1. The topological polar surface area (TPSA) is 71.8 Å². The number of carbonyl (C=O) groups excluding carboxylic acids is 1. The summed E-state index contributed by atoms with van der Waals surface area (Å²) in [5.41, 5.74) is 2.97. The molecule has 1 saturated carbocycles. The summed E-state index contributed by atoms with van der Waals surface area (Å²) in [4.78, 5) is 21.3. The number of nitrogens with one attached hydrogen (secondary N) is 2. The number of rotatable bonds is 6. The molecule has 2 heterocycles. The first kappa shape index (κ1) is 17.5. The molecule has 4 rings (SSSR count). The van der Waals surface area contributed by atoms with Gasteiger partial charge in [-0.05, 0) is 30.5 Å². The number of benzene rings is 1. The molecule has 2 N–H and O–H groups in total. The maximum Gasteiger partial charge on any atom is 0.315 e. The van der Waals surface area contributed by atoms with E-state index in [9.17, 15) is 4.79 Å². The van der Waals surface area contributed by atoms with Gasteiger partial charge in [0.05, 0.1) is 6.54 Å². The molecule has 0 saturated heterocycles. The lowest BCUT2D eigenvalue weighted by Crippen LogP contribution is -2.41. The Labute approximate surface area is 159 Å². The van der Waals surface area contributed by atoms with Gasteiger partial charge >= 0.3 is 6.03 Å². The zero-order chi connectivity index (χ0) is 18.5. The third-order valence-corrected chi connectivity index (χ3v) is 5.09. The van der Waals surface area contributed by atoms with E-state index >= 15 is 0 Å². The van der Waals surface area contributed by atoms with E-state index in [4.69, 9.17) is 4.98 Å². The van der Waals surface area contributed by atoms with Crippen LogP contribution in [-0.2, 0) is 13.0 Å². The number of pyridine rings is 1. The van der Waals surface area contributed by atoms with Crippen LogP contribution in [0.1, 0.15) is 37.1 Å². The number of aromatic nitrogens is 3. The zero-order valence-electron chi connectivity index (χ0n) is 15.4. The number of hydrogen-bond acceptors (Lipinski definition) is 3. The van der Waals surface area contributed by atoms with Crippen molar-refractivity contribution >= 4 is 17.2 Å². The molecular weight excluding hydrogens is 338 g/mol. The first-order chi connectivity index (χ1) is 13.3. The maximum absolute atomic E-state index is 12.1. The lowest BCUT2D eigenvalue weighted by atomic mass is 10.2. The average Bonchev–Trinajstić information content (AvgIpc) is 3.31. The van der Waals surface area contributed by atoms with Crippen molar-refractivity contribution in [2.24, 2.45) is 0 Å². The summed E-state index contributed by atoms with van der Waals surface area (Å²) in [5.74, 6) is 0.939. The second-order valence-corrected chi connectivity index (χ2v) is 7.08. The Morgan fingerprint density at radius 3 is 2.74 bits per heavy atom. The van der Waals surface area contributed by atoms with Crippen LogP contribution in [0.25, 0.3) is 11.2 Å².